The molecular weight excluding hydrogens is 314 g/mol. The average molecular weight is 326 g/mol. The molecule has 0 radical (unpaired) electrons. The van der Waals surface area contributed by atoms with Crippen LogP contribution in [0.4, 0.5) is 5.69 Å². The highest BCUT2D eigenvalue weighted by Gasteiger charge is 2.18. The molecule has 7 heteroatoms. The first-order chi connectivity index (χ1) is 9.88. The third-order valence-corrected chi connectivity index (χ3v) is 4.02. The highest BCUT2D eigenvalue weighted by molar-refractivity contribution is 7.12. The third-order valence-electron chi connectivity index (χ3n) is 2.82. The molecule has 0 bridgehead atoms. The molecular formula is C14H12ClNO4S. The predicted molar refractivity (Wildman–Crippen MR) is 81.7 cm³/mol. The second-order valence-electron chi connectivity index (χ2n) is 4.41. The number of hydrogen-bond donors (Lipinski definition) is 0. The summed E-state index contributed by atoms with van der Waals surface area (Å²) in [5, 5.41) is 11.2. The van der Waals surface area contributed by atoms with Crippen LogP contribution in [0.3, 0.4) is 0 Å². The molecule has 0 aliphatic heterocycles. The zero-order valence-corrected chi connectivity index (χ0v) is 13.0. The van der Waals surface area contributed by atoms with Crippen molar-refractivity contribution in [2.45, 2.75) is 13.8 Å². The Bertz CT molecular complexity index is 711. The lowest BCUT2D eigenvalue weighted by atomic mass is 10.2. The van der Waals surface area contributed by atoms with Gasteiger partial charge in [0.25, 0.3) is 0 Å². The Kier molecular flexibility index (Phi) is 4.59. The molecule has 0 unspecified atom stereocenters. The minimum absolute atomic E-state index is 0.0300. The van der Waals surface area contributed by atoms with Crippen molar-refractivity contribution < 1.29 is 14.5 Å². The van der Waals surface area contributed by atoms with E-state index in [0.717, 1.165) is 9.75 Å². The van der Waals surface area contributed by atoms with Crippen LogP contribution in [0.15, 0.2) is 24.3 Å². The lowest BCUT2D eigenvalue weighted by molar-refractivity contribution is -0.385. The lowest BCUT2D eigenvalue weighted by Crippen LogP contribution is -2.12. The van der Waals surface area contributed by atoms with Crippen LogP contribution >= 0.6 is 22.9 Å². The maximum absolute atomic E-state index is 12.1. The minimum atomic E-state index is -0.592. The Balaban J connectivity index is 2.15. The van der Waals surface area contributed by atoms with Gasteiger partial charge in [0.2, 0.25) is 5.78 Å². The smallest absolute Gasteiger partial charge is 0.312 e. The average Bonchev–Trinajstić information content (AvgIpc) is 2.75. The quantitative estimate of drug-likeness (QED) is 0.469. The van der Waals surface area contributed by atoms with E-state index in [1.54, 1.807) is 6.07 Å². The Morgan fingerprint density at radius 2 is 2.10 bits per heavy atom. The van der Waals surface area contributed by atoms with Gasteiger partial charge in [0.05, 0.1) is 4.92 Å². The van der Waals surface area contributed by atoms with Crippen LogP contribution in [0, 0.1) is 24.0 Å². The minimum Gasteiger partial charge on any atom is -0.478 e. The van der Waals surface area contributed by atoms with Crippen molar-refractivity contribution in [2.24, 2.45) is 0 Å². The lowest BCUT2D eigenvalue weighted by Gasteiger charge is -2.06. The highest BCUT2D eigenvalue weighted by Crippen LogP contribution is 2.30. The van der Waals surface area contributed by atoms with Crippen molar-refractivity contribution in [3.8, 4) is 5.75 Å². The zero-order chi connectivity index (χ0) is 15.6. The molecule has 5 nitrogen and oxygen atoms in total. The molecule has 0 amide bonds. The Morgan fingerprint density at radius 1 is 1.38 bits per heavy atom. The first kappa shape index (κ1) is 15.5. The number of hydrogen-bond acceptors (Lipinski definition) is 5. The molecule has 0 fully saturated rings. The van der Waals surface area contributed by atoms with E-state index in [2.05, 4.69) is 0 Å². The summed E-state index contributed by atoms with van der Waals surface area (Å²) < 4.78 is 5.29. The first-order valence-corrected chi connectivity index (χ1v) is 7.25. The van der Waals surface area contributed by atoms with Crippen LogP contribution in [-0.2, 0) is 0 Å². The Morgan fingerprint density at radius 3 is 2.67 bits per heavy atom. The molecule has 0 spiro atoms. The van der Waals surface area contributed by atoms with E-state index in [4.69, 9.17) is 16.3 Å². The number of thiophene rings is 1. The van der Waals surface area contributed by atoms with Crippen molar-refractivity contribution in [2.75, 3.05) is 6.61 Å². The summed E-state index contributed by atoms with van der Waals surface area (Å²) in [6.07, 6.45) is 0. The van der Waals surface area contributed by atoms with Crippen molar-refractivity contribution in [3.63, 3.8) is 0 Å². The third kappa shape index (κ3) is 3.59. The normalized spacial score (nSPS) is 10.4. The topological polar surface area (TPSA) is 69.4 Å². The number of benzene rings is 1. The number of carbonyl (C=O) groups excluding carboxylic acids is 1. The second kappa shape index (κ2) is 6.24. The molecule has 110 valence electrons. The molecule has 2 rings (SSSR count). The van der Waals surface area contributed by atoms with Gasteiger partial charge in [-0.1, -0.05) is 11.6 Å². The molecule has 0 saturated carbocycles. The molecule has 21 heavy (non-hydrogen) atoms. The van der Waals surface area contributed by atoms with Gasteiger partial charge in [-0.3, -0.25) is 14.9 Å². The summed E-state index contributed by atoms with van der Waals surface area (Å²) in [5.41, 5.74) is 0.336. The number of ketones is 1. The number of halogens is 1. The molecule has 1 aromatic heterocycles. The number of aryl methyl sites for hydroxylation is 2. The number of nitro groups is 1. The van der Waals surface area contributed by atoms with Gasteiger partial charge in [0, 0.05) is 26.4 Å². The molecule has 2 aromatic rings. The number of nitrogens with zero attached hydrogens (tertiary/aromatic N) is 1. The number of nitro benzene ring substituents is 1. The summed E-state index contributed by atoms with van der Waals surface area (Å²) in [5.74, 6) is -0.177. The number of Topliss-reactive ketones (excluding diaryl/α,β-unsaturated/α-hetero) is 1. The molecule has 0 aliphatic rings. The number of rotatable bonds is 5. The van der Waals surface area contributed by atoms with Crippen molar-refractivity contribution in [1.82, 2.24) is 0 Å². The van der Waals surface area contributed by atoms with Crippen molar-refractivity contribution in [3.05, 3.63) is 54.7 Å². The monoisotopic (exact) mass is 325 g/mol. The largest absolute Gasteiger partial charge is 0.478 e. The van der Waals surface area contributed by atoms with Crippen LogP contribution in [0.2, 0.25) is 5.02 Å². The summed E-state index contributed by atoms with van der Waals surface area (Å²) in [6, 6.07) is 5.86. The summed E-state index contributed by atoms with van der Waals surface area (Å²) in [7, 11) is 0. The van der Waals surface area contributed by atoms with E-state index in [1.165, 1.54) is 29.5 Å². The Labute approximate surface area is 130 Å². The molecule has 0 aliphatic carbocycles. The van der Waals surface area contributed by atoms with Gasteiger partial charge < -0.3 is 4.74 Å². The highest BCUT2D eigenvalue weighted by atomic mass is 35.5. The first-order valence-electron chi connectivity index (χ1n) is 6.05. The van der Waals surface area contributed by atoms with Gasteiger partial charge in [-0.05, 0) is 32.0 Å². The van der Waals surface area contributed by atoms with E-state index in [0.29, 0.717) is 5.56 Å². The summed E-state index contributed by atoms with van der Waals surface area (Å²) in [6.45, 7) is 3.52. The number of ether oxygens (including phenoxy) is 1. The fourth-order valence-electron chi connectivity index (χ4n) is 1.88. The van der Waals surface area contributed by atoms with Crippen LogP contribution < -0.4 is 4.74 Å². The molecule has 0 atom stereocenters. The zero-order valence-electron chi connectivity index (χ0n) is 11.4. The van der Waals surface area contributed by atoms with E-state index in [9.17, 15) is 14.9 Å². The van der Waals surface area contributed by atoms with Crippen molar-refractivity contribution in [1.29, 1.82) is 0 Å². The van der Waals surface area contributed by atoms with Crippen LogP contribution in [0.5, 0.6) is 5.75 Å². The fourth-order valence-corrected chi connectivity index (χ4v) is 2.99. The van der Waals surface area contributed by atoms with Crippen molar-refractivity contribution >= 4 is 34.4 Å². The van der Waals surface area contributed by atoms with Crippen LogP contribution in [0.25, 0.3) is 0 Å². The summed E-state index contributed by atoms with van der Waals surface area (Å²) >= 11 is 7.24. The summed E-state index contributed by atoms with van der Waals surface area (Å²) in [4.78, 5) is 24.4. The molecule has 1 heterocycles. The predicted octanol–water partition coefficient (Wildman–Crippen LogP) is 4.19. The maximum Gasteiger partial charge on any atom is 0.312 e. The van der Waals surface area contributed by atoms with Gasteiger partial charge in [0.1, 0.15) is 0 Å². The van der Waals surface area contributed by atoms with Gasteiger partial charge in [-0.25, -0.2) is 0 Å². The Hall–Kier alpha value is -1.92. The van der Waals surface area contributed by atoms with Gasteiger partial charge in [-0.2, -0.15) is 0 Å². The van der Waals surface area contributed by atoms with Crippen LogP contribution in [-0.4, -0.2) is 17.3 Å². The maximum atomic E-state index is 12.1. The van der Waals surface area contributed by atoms with E-state index >= 15 is 0 Å². The molecule has 0 saturated heterocycles. The van der Waals surface area contributed by atoms with Gasteiger partial charge >= 0.3 is 5.69 Å². The van der Waals surface area contributed by atoms with E-state index in [1.807, 2.05) is 13.8 Å². The van der Waals surface area contributed by atoms with Gasteiger partial charge in [-0.15, -0.1) is 11.3 Å². The fraction of sp³-hybridized carbons (Fsp3) is 0.214. The van der Waals surface area contributed by atoms with E-state index in [-0.39, 0.29) is 28.8 Å². The van der Waals surface area contributed by atoms with Crippen LogP contribution in [0.1, 0.15) is 20.1 Å². The standard InChI is InChI=1S/C14H12ClNO4S/c1-8-5-11(9(2)21-8)13(17)7-20-14-4-3-10(15)6-12(14)16(18)19/h3-6H,7H2,1-2H3. The number of carbonyl (C=O) groups is 1. The second-order valence-corrected chi connectivity index (χ2v) is 6.30. The van der Waals surface area contributed by atoms with Gasteiger partial charge in [0.15, 0.2) is 12.4 Å². The molecule has 0 N–H and O–H groups in total. The SMILES string of the molecule is Cc1cc(C(=O)COc2ccc(Cl)cc2[N+](=O)[O-])c(C)s1. The molecule has 1 aromatic carbocycles. The van der Waals surface area contributed by atoms with E-state index < -0.39 is 4.92 Å².